The van der Waals surface area contributed by atoms with Crippen molar-refractivity contribution >= 4 is 44.2 Å². The molecule has 100 valence electrons. The smallest absolute Gasteiger partial charge is 0.150 e. The van der Waals surface area contributed by atoms with Gasteiger partial charge in [-0.2, -0.15) is 0 Å². The quantitative estimate of drug-likeness (QED) is 0.769. The van der Waals surface area contributed by atoms with Gasteiger partial charge in [0.25, 0.3) is 0 Å². The third-order valence-electron chi connectivity index (χ3n) is 2.91. The molecule has 0 saturated heterocycles. The average molecular weight is 330 g/mol. The summed E-state index contributed by atoms with van der Waals surface area (Å²) in [5.74, 6) is 1.43. The minimum Gasteiger partial charge on any atom is -0.372 e. The summed E-state index contributed by atoms with van der Waals surface area (Å²) < 4.78 is 0.787. The van der Waals surface area contributed by atoms with E-state index in [1.807, 2.05) is 37.4 Å². The monoisotopic (exact) mass is 329 g/mol. The number of anilines is 3. The Morgan fingerprint density at radius 1 is 1.00 bits per heavy atom. The fraction of sp³-hybridized carbons (Fsp3) is 0.0714. The van der Waals surface area contributed by atoms with Gasteiger partial charge in [-0.05, 0) is 28.1 Å². The van der Waals surface area contributed by atoms with Crippen molar-refractivity contribution in [3.05, 3.63) is 47.3 Å². The van der Waals surface area contributed by atoms with E-state index in [-0.39, 0.29) is 0 Å². The summed E-state index contributed by atoms with van der Waals surface area (Å²) in [7, 11) is 1.82. The van der Waals surface area contributed by atoms with Crippen LogP contribution in [0.25, 0.3) is 10.9 Å². The summed E-state index contributed by atoms with van der Waals surface area (Å²) in [5.41, 5.74) is 1.82. The van der Waals surface area contributed by atoms with Crippen molar-refractivity contribution in [1.29, 1.82) is 0 Å². The third kappa shape index (κ3) is 2.30. The van der Waals surface area contributed by atoms with Gasteiger partial charge < -0.3 is 10.6 Å². The molecule has 5 nitrogen and oxygen atoms in total. The molecule has 2 heterocycles. The van der Waals surface area contributed by atoms with Crippen LogP contribution in [0, 0.1) is 0 Å². The summed E-state index contributed by atoms with van der Waals surface area (Å²) in [6, 6.07) is 9.94. The molecule has 3 aromatic rings. The highest BCUT2D eigenvalue weighted by Gasteiger charge is 2.09. The Morgan fingerprint density at radius 3 is 2.65 bits per heavy atom. The van der Waals surface area contributed by atoms with Crippen molar-refractivity contribution in [2.24, 2.45) is 0 Å². The predicted octanol–water partition coefficient (Wildman–Crippen LogP) is 3.57. The molecule has 0 fully saturated rings. The third-order valence-corrected chi connectivity index (χ3v) is 3.66. The topological polar surface area (TPSA) is 62.7 Å². The number of hydrogen-bond donors (Lipinski definition) is 2. The Hall–Kier alpha value is -2.21. The molecule has 0 saturated carbocycles. The summed E-state index contributed by atoms with van der Waals surface area (Å²) >= 11 is 3.49. The molecule has 0 amide bonds. The molecule has 2 N–H and O–H groups in total. The van der Waals surface area contributed by atoms with Crippen LogP contribution in [0.2, 0.25) is 0 Å². The molecule has 0 aliphatic rings. The lowest BCUT2D eigenvalue weighted by Gasteiger charge is -2.11. The number of hydrogen-bond acceptors (Lipinski definition) is 5. The maximum atomic E-state index is 4.41. The Morgan fingerprint density at radius 2 is 1.80 bits per heavy atom. The summed E-state index contributed by atoms with van der Waals surface area (Å²) in [6.07, 6.45) is 3.29. The van der Waals surface area contributed by atoms with Gasteiger partial charge in [-0.15, -0.1) is 0 Å². The second-order valence-corrected chi connectivity index (χ2v) is 4.93. The maximum Gasteiger partial charge on any atom is 0.150 e. The average Bonchev–Trinajstić information content (AvgIpc) is 2.50. The second kappa shape index (κ2) is 5.42. The Kier molecular flexibility index (Phi) is 3.47. The van der Waals surface area contributed by atoms with E-state index in [0.717, 1.165) is 26.9 Å². The Bertz CT molecular complexity index is 754. The molecular formula is C14H12BrN5. The van der Waals surface area contributed by atoms with Crippen molar-refractivity contribution in [1.82, 2.24) is 15.0 Å². The predicted molar refractivity (Wildman–Crippen MR) is 84.3 cm³/mol. The van der Waals surface area contributed by atoms with E-state index in [2.05, 4.69) is 41.5 Å². The lowest BCUT2D eigenvalue weighted by molar-refractivity contribution is 1.14. The largest absolute Gasteiger partial charge is 0.372 e. The van der Waals surface area contributed by atoms with E-state index in [9.17, 15) is 0 Å². The SMILES string of the molecule is CNc1ncnc(Nc2cccc3cccnc23)c1Br. The second-order valence-electron chi connectivity index (χ2n) is 4.14. The van der Waals surface area contributed by atoms with Crippen LogP contribution in [-0.4, -0.2) is 22.0 Å². The van der Waals surface area contributed by atoms with Gasteiger partial charge in [-0.25, -0.2) is 9.97 Å². The van der Waals surface area contributed by atoms with Gasteiger partial charge in [0.15, 0.2) is 0 Å². The minimum atomic E-state index is 0.697. The Balaban J connectivity index is 2.06. The van der Waals surface area contributed by atoms with Crippen molar-refractivity contribution in [2.45, 2.75) is 0 Å². The first-order valence-electron chi connectivity index (χ1n) is 6.08. The number of benzene rings is 1. The maximum absolute atomic E-state index is 4.41. The standard InChI is InChI=1S/C14H12BrN5/c1-16-13-11(15)14(19-8-18-13)20-10-6-2-4-9-5-3-7-17-12(9)10/h2-8H,1H3,(H2,16,18,19,20). The van der Waals surface area contributed by atoms with E-state index in [1.165, 1.54) is 6.33 Å². The van der Waals surface area contributed by atoms with Gasteiger partial charge in [0.2, 0.25) is 0 Å². The normalized spacial score (nSPS) is 10.5. The molecule has 1 aromatic carbocycles. The van der Waals surface area contributed by atoms with Crippen LogP contribution in [0.5, 0.6) is 0 Å². The zero-order chi connectivity index (χ0) is 13.9. The van der Waals surface area contributed by atoms with Crippen LogP contribution < -0.4 is 10.6 Å². The van der Waals surface area contributed by atoms with E-state index in [0.29, 0.717) is 5.82 Å². The molecule has 0 radical (unpaired) electrons. The Labute approximate surface area is 124 Å². The van der Waals surface area contributed by atoms with Crippen LogP contribution in [0.1, 0.15) is 0 Å². The van der Waals surface area contributed by atoms with Crippen molar-refractivity contribution < 1.29 is 0 Å². The number of halogens is 1. The number of rotatable bonds is 3. The van der Waals surface area contributed by atoms with Gasteiger partial charge in [-0.1, -0.05) is 18.2 Å². The highest BCUT2D eigenvalue weighted by atomic mass is 79.9. The van der Waals surface area contributed by atoms with Crippen LogP contribution in [-0.2, 0) is 0 Å². The summed E-state index contributed by atoms with van der Waals surface area (Å²) in [4.78, 5) is 12.8. The first-order valence-corrected chi connectivity index (χ1v) is 6.88. The van der Waals surface area contributed by atoms with Gasteiger partial charge in [0.1, 0.15) is 22.4 Å². The molecule has 0 aliphatic carbocycles. The molecular weight excluding hydrogens is 318 g/mol. The number of fused-ring (bicyclic) bond motifs is 1. The highest BCUT2D eigenvalue weighted by Crippen LogP contribution is 2.30. The van der Waals surface area contributed by atoms with E-state index < -0.39 is 0 Å². The molecule has 0 aliphatic heterocycles. The first-order chi connectivity index (χ1) is 9.79. The lowest BCUT2D eigenvalue weighted by Crippen LogP contribution is -2.01. The van der Waals surface area contributed by atoms with E-state index >= 15 is 0 Å². The van der Waals surface area contributed by atoms with E-state index in [1.54, 1.807) is 6.20 Å². The first kappa shape index (κ1) is 12.8. The number of pyridine rings is 1. The van der Waals surface area contributed by atoms with Gasteiger partial charge in [0.05, 0.1) is 11.2 Å². The van der Waals surface area contributed by atoms with Crippen LogP contribution >= 0.6 is 15.9 Å². The number of nitrogens with zero attached hydrogens (tertiary/aromatic N) is 3. The lowest BCUT2D eigenvalue weighted by atomic mass is 10.2. The van der Waals surface area contributed by atoms with Crippen molar-refractivity contribution in [2.75, 3.05) is 17.7 Å². The molecule has 0 atom stereocenters. The van der Waals surface area contributed by atoms with Crippen LogP contribution in [0.15, 0.2) is 47.3 Å². The van der Waals surface area contributed by atoms with Gasteiger partial charge in [-0.3, -0.25) is 4.98 Å². The van der Waals surface area contributed by atoms with Crippen LogP contribution in [0.4, 0.5) is 17.3 Å². The summed E-state index contributed by atoms with van der Waals surface area (Å²) in [6.45, 7) is 0. The number of para-hydroxylation sites is 1. The highest BCUT2D eigenvalue weighted by molar-refractivity contribution is 9.10. The molecule has 0 unspecified atom stereocenters. The molecule has 6 heteroatoms. The summed E-state index contributed by atoms with van der Waals surface area (Å²) in [5, 5.41) is 7.37. The fourth-order valence-electron chi connectivity index (χ4n) is 1.96. The van der Waals surface area contributed by atoms with Gasteiger partial charge >= 0.3 is 0 Å². The number of nitrogens with one attached hydrogen (secondary N) is 2. The fourth-order valence-corrected chi connectivity index (χ4v) is 2.47. The zero-order valence-electron chi connectivity index (χ0n) is 10.8. The van der Waals surface area contributed by atoms with Gasteiger partial charge in [0, 0.05) is 18.6 Å². The molecule has 20 heavy (non-hydrogen) atoms. The van der Waals surface area contributed by atoms with Crippen molar-refractivity contribution in [3.63, 3.8) is 0 Å². The zero-order valence-corrected chi connectivity index (χ0v) is 12.3. The van der Waals surface area contributed by atoms with E-state index in [4.69, 9.17) is 0 Å². The van der Waals surface area contributed by atoms with Crippen LogP contribution in [0.3, 0.4) is 0 Å². The molecule has 2 aromatic heterocycles. The molecule has 0 spiro atoms. The molecule has 3 rings (SSSR count). The molecule has 0 bridgehead atoms. The van der Waals surface area contributed by atoms with Crippen molar-refractivity contribution in [3.8, 4) is 0 Å². The number of aromatic nitrogens is 3. The minimum absolute atomic E-state index is 0.697.